The molecule has 0 radical (unpaired) electrons. The van der Waals surface area contributed by atoms with E-state index in [1.54, 1.807) is 24.3 Å². The van der Waals surface area contributed by atoms with Crippen LogP contribution in [0.4, 0.5) is 0 Å². The highest BCUT2D eigenvalue weighted by atomic mass is 35.5. The zero-order chi connectivity index (χ0) is 17.4. The van der Waals surface area contributed by atoms with E-state index < -0.39 is 5.97 Å². The Labute approximate surface area is 151 Å². The van der Waals surface area contributed by atoms with Crippen LogP contribution in [0.3, 0.4) is 0 Å². The fraction of sp³-hybridized carbons (Fsp3) is 0.125. The molecule has 0 spiro atoms. The molecule has 0 aliphatic carbocycles. The molecule has 2 aromatic heterocycles. The number of amides is 1. The van der Waals surface area contributed by atoms with Crippen LogP contribution in [0, 0.1) is 0 Å². The minimum atomic E-state index is -0.983. The number of carbonyl (C=O) groups is 2. The van der Waals surface area contributed by atoms with Crippen molar-refractivity contribution in [3.05, 3.63) is 56.5 Å². The van der Waals surface area contributed by atoms with Gasteiger partial charge in [0.25, 0.3) is 5.91 Å². The Morgan fingerprint density at radius 1 is 1.21 bits per heavy atom. The largest absolute Gasteiger partial charge is 0.477 e. The molecule has 5 nitrogen and oxygen atoms in total. The van der Waals surface area contributed by atoms with Gasteiger partial charge in [0, 0.05) is 0 Å². The molecule has 3 rings (SSSR count). The van der Waals surface area contributed by atoms with E-state index in [1.807, 2.05) is 6.92 Å². The summed E-state index contributed by atoms with van der Waals surface area (Å²) >= 11 is 13.0. The highest BCUT2D eigenvalue weighted by molar-refractivity contribution is 7.20. The quantitative estimate of drug-likeness (QED) is 0.609. The first-order valence-electron chi connectivity index (χ1n) is 6.97. The Morgan fingerprint density at radius 2 is 1.96 bits per heavy atom. The van der Waals surface area contributed by atoms with E-state index in [2.05, 4.69) is 10.3 Å². The van der Waals surface area contributed by atoms with Crippen LogP contribution >= 0.6 is 34.5 Å². The van der Waals surface area contributed by atoms with Crippen LogP contribution in [0.2, 0.25) is 10.0 Å². The van der Waals surface area contributed by atoms with E-state index in [9.17, 15) is 9.59 Å². The van der Waals surface area contributed by atoms with Gasteiger partial charge < -0.3 is 15.4 Å². The monoisotopic (exact) mass is 382 g/mol. The third-order valence-corrected chi connectivity index (χ3v) is 5.36. The number of aromatic nitrogens is 1. The van der Waals surface area contributed by atoms with Crippen molar-refractivity contribution in [3.8, 4) is 0 Å². The Kier molecular flexibility index (Phi) is 4.54. The lowest BCUT2D eigenvalue weighted by atomic mass is 10.1. The summed E-state index contributed by atoms with van der Waals surface area (Å²) in [4.78, 5) is 26.5. The van der Waals surface area contributed by atoms with Gasteiger partial charge in [-0.2, -0.15) is 0 Å². The van der Waals surface area contributed by atoms with Gasteiger partial charge in [-0.15, -0.1) is 11.3 Å². The smallest absolute Gasteiger partial charge is 0.345 e. The number of carboxylic acids is 1. The van der Waals surface area contributed by atoms with E-state index in [0.29, 0.717) is 21.3 Å². The summed E-state index contributed by atoms with van der Waals surface area (Å²) in [5.74, 6) is -1.27. The number of hydrogen-bond acceptors (Lipinski definition) is 3. The molecule has 0 bridgehead atoms. The number of carbonyl (C=O) groups excluding carboxylic acids is 1. The molecular formula is C16H12Cl2N2O3S. The molecule has 8 heteroatoms. The van der Waals surface area contributed by atoms with Gasteiger partial charge in [-0.3, -0.25) is 4.79 Å². The summed E-state index contributed by atoms with van der Waals surface area (Å²) in [5, 5.41) is 12.7. The highest BCUT2D eigenvalue weighted by Gasteiger charge is 2.17. The molecule has 0 fully saturated rings. The van der Waals surface area contributed by atoms with Crippen molar-refractivity contribution in [1.82, 2.24) is 10.3 Å². The first-order chi connectivity index (χ1) is 11.3. The number of aromatic amines is 1. The topological polar surface area (TPSA) is 82.2 Å². The van der Waals surface area contributed by atoms with Crippen molar-refractivity contribution in [1.29, 1.82) is 0 Å². The maximum Gasteiger partial charge on any atom is 0.345 e. The van der Waals surface area contributed by atoms with Crippen LogP contribution in [0.1, 0.15) is 38.7 Å². The van der Waals surface area contributed by atoms with Crippen molar-refractivity contribution >= 4 is 56.6 Å². The van der Waals surface area contributed by atoms with Gasteiger partial charge in [-0.1, -0.05) is 29.3 Å². The lowest BCUT2D eigenvalue weighted by molar-refractivity contribution is 0.0702. The second-order valence-corrected chi connectivity index (χ2v) is 7.14. The van der Waals surface area contributed by atoms with Gasteiger partial charge in [0.05, 0.1) is 26.3 Å². The normalized spacial score (nSPS) is 12.3. The zero-order valence-corrected chi connectivity index (χ0v) is 14.7. The second kappa shape index (κ2) is 6.47. The Balaban J connectivity index is 1.77. The van der Waals surface area contributed by atoms with E-state index in [1.165, 1.54) is 6.07 Å². The van der Waals surface area contributed by atoms with Crippen LogP contribution in [-0.2, 0) is 0 Å². The Morgan fingerprint density at radius 3 is 2.58 bits per heavy atom. The van der Waals surface area contributed by atoms with Crippen molar-refractivity contribution < 1.29 is 14.7 Å². The van der Waals surface area contributed by atoms with Crippen LogP contribution < -0.4 is 5.32 Å². The highest BCUT2D eigenvalue weighted by Crippen LogP contribution is 2.28. The van der Waals surface area contributed by atoms with Gasteiger partial charge in [-0.05, 0) is 36.8 Å². The summed E-state index contributed by atoms with van der Waals surface area (Å²) in [5.41, 5.74) is 1.84. The fourth-order valence-corrected chi connectivity index (χ4v) is 3.49. The number of thiophene rings is 1. The van der Waals surface area contributed by atoms with Crippen molar-refractivity contribution in [2.45, 2.75) is 13.0 Å². The summed E-state index contributed by atoms with van der Waals surface area (Å²) < 4.78 is 0.722. The molecule has 0 saturated heterocycles. The predicted octanol–water partition coefficient (Wildman–Crippen LogP) is 4.73. The number of fused-ring (bicyclic) bond motifs is 1. The lowest BCUT2D eigenvalue weighted by Crippen LogP contribution is -2.26. The lowest BCUT2D eigenvalue weighted by Gasteiger charge is -2.14. The summed E-state index contributed by atoms with van der Waals surface area (Å²) in [7, 11) is 0. The van der Waals surface area contributed by atoms with E-state index in [4.69, 9.17) is 28.3 Å². The van der Waals surface area contributed by atoms with Crippen molar-refractivity contribution in [2.75, 3.05) is 0 Å². The fourth-order valence-electron chi connectivity index (χ4n) is 2.29. The summed E-state index contributed by atoms with van der Waals surface area (Å²) in [6.45, 7) is 1.84. The van der Waals surface area contributed by atoms with Gasteiger partial charge >= 0.3 is 5.97 Å². The van der Waals surface area contributed by atoms with E-state index >= 15 is 0 Å². The van der Waals surface area contributed by atoms with Crippen molar-refractivity contribution in [2.24, 2.45) is 0 Å². The Bertz CT molecular complexity index is 917. The standard InChI is InChI=1S/C16H12Cl2N2O3S/c1-7(8-2-3-9(17)10(18)4-8)19-15(21)12-6-13-11(20-12)5-14(24-13)16(22)23/h2-7,20H,1H3,(H,19,21)(H,22,23). The molecule has 3 N–H and O–H groups in total. The van der Waals surface area contributed by atoms with Gasteiger partial charge in [0.1, 0.15) is 10.6 Å². The number of aromatic carboxylic acids is 1. The van der Waals surface area contributed by atoms with Crippen LogP contribution in [-0.4, -0.2) is 22.0 Å². The maximum atomic E-state index is 12.4. The van der Waals surface area contributed by atoms with E-state index in [-0.39, 0.29) is 16.8 Å². The Hall–Kier alpha value is -2.02. The molecular weight excluding hydrogens is 371 g/mol. The minimum absolute atomic E-state index is 0.229. The number of nitrogens with one attached hydrogen (secondary N) is 2. The van der Waals surface area contributed by atoms with Gasteiger partial charge in [0.15, 0.2) is 0 Å². The molecule has 1 atom stereocenters. The third-order valence-electron chi connectivity index (χ3n) is 3.55. The first kappa shape index (κ1) is 16.8. The zero-order valence-electron chi connectivity index (χ0n) is 12.4. The molecule has 0 aliphatic rings. The number of H-pyrrole nitrogens is 1. The van der Waals surface area contributed by atoms with Gasteiger partial charge in [-0.25, -0.2) is 4.79 Å². The van der Waals surface area contributed by atoms with Crippen LogP contribution in [0.25, 0.3) is 10.2 Å². The SMILES string of the molecule is CC(NC(=O)c1cc2sc(C(=O)O)cc2[nH]1)c1ccc(Cl)c(Cl)c1. The van der Waals surface area contributed by atoms with Gasteiger partial charge in [0.2, 0.25) is 0 Å². The summed E-state index contributed by atoms with van der Waals surface area (Å²) in [6, 6.07) is 8.08. The average Bonchev–Trinajstić information content (AvgIpc) is 3.08. The maximum absolute atomic E-state index is 12.4. The molecule has 1 unspecified atom stereocenters. The minimum Gasteiger partial charge on any atom is -0.477 e. The first-order valence-corrected chi connectivity index (χ1v) is 8.54. The number of halogens is 2. The molecule has 3 aromatic rings. The molecule has 24 heavy (non-hydrogen) atoms. The third kappa shape index (κ3) is 3.26. The number of hydrogen-bond donors (Lipinski definition) is 3. The molecule has 124 valence electrons. The van der Waals surface area contributed by atoms with Crippen LogP contribution in [0.15, 0.2) is 30.3 Å². The van der Waals surface area contributed by atoms with Crippen LogP contribution in [0.5, 0.6) is 0 Å². The number of benzene rings is 1. The molecule has 2 heterocycles. The summed E-state index contributed by atoms with van der Waals surface area (Å²) in [6.07, 6.45) is 0. The van der Waals surface area contributed by atoms with E-state index in [0.717, 1.165) is 21.6 Å². The number of rotatable bonds is 4. The molecule has 1 aromatic carbocycles. The predicted molar refractivity (Wildman–Crippen MR) is 95.5 cm³/mol. The second-order valence-electron chi connectivity index (χ2n) is 5.25. The molecule has 0 saturated carbocycles. The molecule has 1 amide bonds. The number of carboxylic acid groups (broad SMARTS) is 1. The molecule has 0 aliphatic heterocycles. The van der Waals surface area contributed by atoms with Crippen molar-refractivity contribution in [3.63, 3.8) is 0 Å². The average molecular weight is 383 g/mol.